The number of nitrogens with two attached hydrogens (primary N) is 1. The third kappa shape index (κ3) is 1.89. The molecule has 5 heteroatoms. The van der Waals surface area contributed by atoms with Crippen LogP contribution in [0.15, 0.2) is 5.38 Å². The van der Waals surface area contributed by atoms with E-state index in [9.17, 15) is 0 Å². The Kier molecular flexibility index (Phi) is 3.00. The van der Waals surface area contributed by atoms with E-state index in [0.29, 0.717) is 11.1 Å². The summed E-state index contributed by atoms with van der Waals surface area (Å²) in [6.07, 6.45) is 1.03. The van der Waals surface area contributed by atoms with Crippen LogP contribution >= 0.6 is 11.3 Å². The zero-order valence-electron chi connectivity index (χ0n) is 8.10. The average molecular weight is 214 g/mol. The number of nitrogens with zero attached hydrogens (tertiary/aromatic N) is 1. The Bertz CT molecular complexity index is 297. The summed E-state index contributed by atoms with van der Waals surface area (Å²) in [5.41, 5.74) is 7.00. The van der Waals surface area contributed by atoms with Gasteiger partial charge in [-0.3, -0.25) is 0 Å². The van der Waals surface area contributed by atoms with E-state index in [2.05, 4.69) is 4.98 Å². The second-order valence-corrected chi connectivity index (χ2v) is 4.21. The highest BCUT2D eigenvalue weighted by Crippen LogP contribution is 2.29. The average Bonchev–Trinajstić information content (AvgIpc) is 2.88. The van der Waals surface area contributed by atoms with Crippen LogP contribution in [0.5, 0.6) is 5.19 Å². The lowest BCUT2D eigenvalue weighted by Crippen LogP contribution is -2.21. The molecule has 1 aliphatic rings. The van der Waals surface area contributed by atoms with Gasteiger partial charge in [0.1, 0.15) is 0 Å². The smallest absolute Gasteiger partial charge is 0.273 e. The Hall–Kier alpha value is -0.650. The molecule has 0 radical (unpaired) electrons. The van der Waals surface area contributed by atoms with Crippen LogP contribution in [0.1, 0.15) is 18.2 Å². The second-order valence-electron chi connectivity index (χ2n) is 3.39. The first-order valence-electron chi connectivity index (χ1n) is 4.64. The van der Waals surface area contributed by atoms with Gasteiger partial charge in [0.2, 0.25) is 0 Å². The number of ether oxygens (including phenoxy) is 2. The Morgan fingerprint density at radius 1 is 1.79 bits per heavy atom. The molecule has 2 rings (SSSR count). The predicted molar refractivity (Wildman–Crippen MR) is 54.5 cm³/mol. The minimum atomic E-state index is -0.0161. The van der Waals surface area contributed by atoms with Crippen molar-refractivity contribution in [1.29, 1.82) is 0 Å². The largest absolute Gasteiger partial charge is 0.473 e. The van der Waals surface area contributed by atoms with Crippen molar-refractivity contribution < 1.29 is 9.47 Å². The van der Waals surface area contributed by atoms with Gasteiger partial charge in [-0.2, -0.15) is 0 Å². The maximum absolute atomic E-state index is 6.08. The molecule has 2 atom stereocenters. The second kappa shape index (κ2) is 4.25. The molecule has 1 aliphatic heterocycles. The van der Waals surface area contributed by atoms with E-state index in [1.165, 1.54) is 11.3 Å². The highest BCUT2D eigenvalue weighted by atomic mass is 32.1. The van der Waals surface area contributed by atoms with Gasteiger partial charge in [-0.1, -0.05) is 11.3 Å². The Morgan fingerprint density at radius 2 is 2.64 bits per heavy atom. The molecular formula is C9H14N2O2S. The van der Waals surface area contributed by atoms with Gasteiger partial charge >= 0.3 is 0 Å². The Morgan fingerprint density at radius 3 is 3.21 bits per heavy atom. The maximum Gasteiger partial charge on any atom is 0.273 e. The number of thiazole rings is 1. The van der Waals surface area contributed by atoms with Crippen LogP contribution in [0.3, 0.4) is 0 Å². The molecule has 0 amide bonds. The summed E-state index contributed by atoms with van der Waals surface area (Å²) < 4.78 is 10.3. The fraction of sp³-hybridized carbons (Fsp3) is 0.667. The summed E-state index contributed by atoms with van der Waals surface area (Å²) in [5.74, 6) is 0.404. The predicted octanol–water partition coefficient (Wildman–Crippen LogP) is 1.19. The van der Waals surface area contributed by atoms with Crippen LogP contribution in [-0.4, -0.2) is 25.3 Å². The number of hydrogen-bond acceptors (Lipinski definition) is 5. The fourth-order valence-electron chi connectivity index (χ4n) is 1.59. The molecule has 1 fully saturated rings. The van der Waals surface area contributed by atoms with E-state index >= 15 is 0 Å². The first kappa shape index (κ1) is 9.89. The number of aromatic nitrogens is 1. The van der Waals surface area contributed by atoms with Crippen molar-refractivity contribution in [1.82, 2.24) is 4.98 Å². The third-order valence-electron chi connectivity index (χ3n) is 2.49. The van der Waals surface area contributed by atoms with Gasteiger partial charge in [-0.25, -0.2) is 4.98 Å². The van der Waals surface area contributed by atoms with E-state index in [4.69, 9.17) is 15.2 Å². The molecule has 2 N–H and O–H groups in total. The minimum absolute atomic E-state index is 0.0161. The van der Waals surface area contributed by atoms with Gasteiger partial charge in [0, 0.05) is 17.9 Å². The van der Waals surface area contributed by atoms with Gasteiger partial charge < -0.3 is 15.2 Å². The van der Waals surface area contributed by atoms with Gasteiger partial charge in [0.15, 0.2) is 0 Å². The highest BCUT2D eigenvalue weighted by Gasteiger charge is 2.25. The molecule has 1 aromatic rings. The van der Waals surface area contributed by atoms with Gasteiger partial charge in [-0.15, -0.1) is 0 Å². The molecule has 4 nitrogen and oxygen atoms in total. The maximum atomic E-state index is 6.08. The summed E-state index contributed by atoms with van der Waals surface area (Å²) in [7, 11) is 1.62. The first-order chi connectivity index (χ1) is 6.81. The number of methoxy groups -OCH3 is 1. The standard InChI is InChI=1S/C9H14N2O2S/c1-12-9-11-7(5-14-9)8(10)6-2-3-13-4-6/h5-6,8H,2-4,10H2,1H3. The monoisotopic (exact) mass is 214 g/mol. The van der Waals surface area contributed by atoms with Crippen molar-refractivity contribution >= 4 is 11.3 Å². The number of rotatable bonds is 3. The first-order valence-corrected chi connectivity index (χ1v) is 5.52. The molecule has 2 heterocycles. The normalized spacial score (nSPS) is 23.7. The van der Waals surface area contributed by atoms with Crippen molar-refractivity contribution in [3.63, 3.8) is 0 Å². The van der Waals surface area contributed by atoms with Gasteiger partial charge in [0.25, 0.3) is 5.19 Å². The molecule has 0 saturated carbocycles. The molecule has 14 heavy (non-hydrogen) atoms. The molecule has 0 aromatic carbocycles. The van der Waals surface area contributed by atoms with Crippen LogP contribution in [0.25, 0.3) is 0 Å². The lowest BCUT2D eigenvalue weighted by molar-refractivity contribution is 0.180. The highest BCUT2D eigenvalue weighted by molar-refractivity contribution is 7.11. The Balaban J connectivity index is 2.05. The molecular weight excluding hydrogens is 200 g/mol. The van der Waals surface area contributed by atoms with Crippen molar-refractivity contribution in [3.05, 3.63) is 11.1 Å². The SMILES string of the molecule is COc1nc(C(N)C2CCOC2)cs1. The van der Waals surface area contributed by atoms with Crippen LogP contribution in [0.4, 0.5) is 0 Å². The Labute approximate surface area is 87.0 Å². The van der Waals surface area contributed by atoms with Crippen LogP contribution < -0.4 is 10.5 Å². The zero-order chi connectivity index (χ0) is 9.97. The van der Waals surface area contributed by atoms with Crippen molar-refractivity contribution in [3.8, 4) is 5.19 Å². The fourth-order valence-corrected chi connectivity index (χ4v) is 2.28. The summed E-state index contributed by atoms with van der Waals surface area (Å²) >= 11 is 1.48. The van der Waals surface area contributed by atoms with Gasteiger partial charge in [-0.05, 0) is 6.42 Å². The zero-order valence-corrected chi connectivity index (χ0v) is 8.92. The molecule has 0 bridgehead atoms. The van der Waals surface area contributed by atoms with Crippen molar-refractivity contribution in [2.45, 2.75) is 12.5 Å². The summed E-state index contributed by atoms with van der Waals surface area (Å²) in [5, 5.41) is 2.64. The lowest BCUT2D eigenvalue weighted by Gasteiger charge is -2.14. The third-order valence-corrected chi connectivity index (χ3v) is 3.31. The molecule has 2 unspecified atom stereocenters. The minimum Gasteiger partial charge on any atom is -0.473 e. The van der Waals surface area contributed by atoms with Crippen LogP contribution in [0, 0.1) is 5.92 Å². The molecule has 1 aromatic heterocycles. The summed E-state index contributed by atoms with van der Waals surface area (Å²) in [4.78, 5) is 4.29. The molecule has 78 valence electrons. The topological polar surface area (TPSA) is 57.4 Å². The molecule has 0 spiro atoms. The van der Waals surface area contributed by atoms with E-state index < -0.39 is 0 Å². The van der Waals surface area contributed by atoms with E-state index in [1.54, 1.807) is 7.11 Å². The van der Waals surface area contributed by atoms with E-state index in [-0.39, 0.29) is 6.04 Å². The van der Waals surface area contributed by atoms with Crippen LogP contribution in [0.2, 0.25) is 0 Å². The molecule has 1 saturated heterocycles. The summed E-state index contributed by atoms with van der Waals surface area (Å²) in [6, 6.07) is -0.0161. The van der Waals surface area contributed by atoms with E-state index in [0.717, 1.165) is 25.3 Å². The molecule has 0 aliphatic carbocycles. The lowest BCUT2D eigenvalue weighted by atomic mass is 9.98. The van der Waals surface area contributed by atoms with Crippen molar-refractivity contribution in [2.24, 2.45) is 11.7 Å². The summed E-state index contributed by atoms with van der Waals surface area (Å²) in [6.45, 7) is 1.57. The van der Waals surface area contributed by atoms with Crippen molar-refractivity contribution in [2.75, 3.05) is 20.3 Å². The van der Waals surface area contributed by atoms with Crippen LogP contribution in [-0.2, 0) is 4.74 Å². The van der Waals surface area contributed by atoms with E-state index in [1.807, 2.05) is 5.38 Å². The van der Waals surface area contributed by atoms with Gasteiger partial charge in [0.05, 0.1) is 25.5 Å². The quantitative estimate of drug-likeness (QED) is 0.821. The number of hydrogen-bond donors (Lipinski definition) is 1.